The maximum Gasteiger partial charge on any atom is 0.349 e. The Labute approximate surface area is 123 Å². The van der Waals surface area contributed by atoms with Crippen molar-refractivity contribution in [1.29, 1.82) is 0 Å². The average Bonchev–Trinajstić information content (AvgIpc) is 2.48. The molecular weight excluding hydrogens is 276 g/mol. The predicted octanol–water partition coefficient (Wildman–Crippen LogP) is 3.89. The molecule has 0 aliphatic carbocycles. The standard InChI is InChI=1S/C16H15ClO3/c1-2-12-6-5-7-13(10-12)19-11-16(18)20-15-9-4-3-8-14(15)17/h3-10H,2,11H2,1H3. The van der Waals surface area contributed by atoms with Crippen molar-refractivity contribution in [1.82, 2.24) is 0 Å². The lowest BCUT2D eigenvalue weighted by atomic mass is 10.2. The summed E-state index contributed by atoms with van der Waals surface area (Å²) in [6.07, 6.45) is 0.918. The minimum atomic E-state index is -0.486. The first kappa shape index (κ1) is 14.4. The van der Waals surface area contributed by atoms with Gasteiger partial charge in [-0.2, -0.15) is 0 Å². The van der Waals surface area contributed by atoms with Crippen LogP contribution in [0.1, 0.15) is 12.5 Å². The van der Waals surface area contributed by atoms with Crippen LogP contribution in [-0.2, 0) is 11.2 Å². The first-order valence-electron chi connectivity index (χ1n) is 6.36. The van der Waals surface area contributed by atoms with Crippen molar-refractivity contribution in [2.45, 2.75) is 13.3 Å². The van der Waals surface area contributed by atoms with Gasteiger partial charge in [0.05, 0.1) is 5.02 Å². The van der Waals surface area contributed by atoms with Gasteiger partial charge in [-0.1, -0.05) is 42.8 Å². The van der Waals surface area contributed by atoms with Gasteiger partial charge in [-0.3, -0.25) is 0 Å². The van der Waals surface area contributed by atoms with Gasteiger partial charge in [0.1, 0.15) is 11.5 Å². The van der Waals surface area contributed by atoms with E-state index in [0.717, 1.165) is 12.0 Å². The molecule has 2 aromatic rings. The Hall–Kier alpha value is -2.00. The lowest BCUT2D eigenvalue weighted by molar-refractivity contribution is -0.136. The molecule has 0 amide bonds. The summed E-state index contributed by atoms with van der Waals surface area (Å²) in [5.74, 6) is 0.505. The van der Waals surface area contributed by atoms with Crippen LogP contribution in [0.4, 0.5) is 0 Å². The molecule has 2 aromatic carbocycles. The molecule has 4 heteroatoms. The number of aryl methyl sites for hydroxylation is 1. The summed E-state index contributed by atoms with van der Waals surface area (Å²) in [5.41, 5.74) is 1.15. The molecule has 0 radical (unpaired) electrons. The Balaban J connectivity index is 1.90. The quantitative estimate of drug-likeness (QED) is 0.619. The zero-order valence-corrected chi connectivity index (χ0v) is 11.9. The van der Waals surface area contributed by atoms with Crippen molar-refractivity contribution < 1.29 is 14.3 Å². The Morgan fingerprint density at radius 1 is 1.15 bits per heavy atom. The number of carbonyl (C=O) groups is 1. The molecule has 2 rings (SSSR count). The van der Waals surface area contributed by atoms with E-state index >= 15 is 0 Å². The molecule has 0 aromatic heterocycles. The molecular formula is C16H15ClO3. The Bertz CT molecular complexity index is 596. The molecule has 3 nitrogen and oxygen atoms in total. The predicted molar refractivity (Wildman–Crippen MR) is 78.4 cm³/mol. The second-order valence-electron chi connectivity index (χ2n) is 4.19. The maximum atomic E-state index is 11.7. The van der Waals surface area contributed by atoms with Crippen LogP contribution in [0, 0.1) is 0 Å². The largest absolute Gasteiger partial charge is 0.482 e. The number of rotatable bonds is 5. The topological polar surface area (TPSA) is 35.5 Å². The molecule has 0 N–H and O–H groups in total. The number of carbonyl (C=O) groups excluding carboxylic acids is 1. The minimum absolute atomic E-state index is 0.154. The normalized spacial score (nSPS) is 10.1. The van der Waals surface area contributed by atoms with E-state index in [1.54, 1.807) is 24.3 Å². The van der Waals surface area contributed by atoms with Crippen LogP contribution in [-0.4, -0.2) is 12.6 Å². The van der Waals surface area contributed by atoms with Crippen LogP contribution < -0.4 is 9.47 Å². The molecule has 104 valence electrons. The number of ether oxygens (including phenoxy) is 2. The summed E-state index contributed by atoms with van der Waals surface area (Å²) in [7, 11) is 0. The van der Waals surface area contributed by atoms with E-state index in [-0.39, 0.29) is 6.61 Å². The highest BCUT2D eigenvalue weighted by Gasteiger charge is 2.08. The molecule has 20 heavy (non-hydrogen) atoms. The molecule has 0 spiro atoms. The van der Waals surface area contributed by atoms with Crippen LogP contribution in [0.15, 0.2) is 48.5 Å². The summed E-state index contributed by atoms with van der Waals surface area (Å²) in [4.78, 5) is 11.7. The summed E-state index contributed by atoms with van der Waals surface area (Å²) in [6, 6.07) is 14.4. The highest BCUT2D eigenvalue weighted by atomic mass is 35.5. The maximum absolute atomic E-state index is 11.7. The molecule has 0 saturated heterocycles. The van der Waals surface area contributed by atoms with Crippen molar-refractivity contribution in [3.05, 3.63) is 59.1 Å². The molecule has 0 unspecified atom stereocenters. The third-order valence-corrected chi connectivity index (χ3v) is 3.04. The molecule has 0 saturated carbocycles. The van der Waals surface area contributed by atoms with E-state index in [1.807, 2.05) is 24.3 Å². The summed E-state index contributed by atoms with van der Waals surface area (Å²) in [6.45, 7) is 1.91. The van der Waals surface area contributed by atoms with Gasteiger partial charge in [0, 0.05) is 0 Å². The Morgan fingerprint density at radius 2 is 1.95 bits per heavy atom. The minimum Gasteiger partial charge on any atom is -0.482 e. The number of benzene rings is 2. The van der Waals surface area contributed by atoms with Gasteiger partial charge in [0.25, 0.3) is 0 Å². The second-order valence-corrected chi connectivity index (χ2v) is 4.60. The van der Waals surface area contributed by atoms with E-state index < -0.39 is 5.97 Å². The number of hydrogen-bond donors (Lipinski definition) is 0. The van der Waals surface area contributed by atoms with Gasteiger partial charge >= 0.3 is 5.97 Å². The van der Waals surface area contributed by atoms with E-state index in [4.69, 9.17) is 21.1 Å². The molecule has 0 bridgehead atoms. The zero-order valence-electron chi connectivity index (χ0n) is 11.1. The van der Waals surface area contributed by atoms with Gasteiger partial charge in [-0.05, 0) is 36.2 Å². The van der Waals surface area contributed by atoms with Crippen LogP contribution >= 0.6 is 11.6 Å². The number of hydrogen-bond acceptors (Lipinski definition) is 3. The fourth-order valence-corrected chi connectivity index (χ4v) is 1.85. The zero-order chi connectivity index (χ0) is 14.4. The highest BCUT2D eigenvalue weighted by molar-refractivity contribution is 6.32. The fourth-order valence-electron chi connectivity index (χ4n) is 1.68. The van der Waals surface area contributed by atoms with E-state index in [1.165, 1.54) is 0 Å². The summed E-state index contributed by atoms with van der Waals surface area (Å²) in [5, 5.41) is 0.397. The number of esters is 1. The van der Waals surface area contributed by atoms with Crippen LogP contribution in [0.5, 0.6) is 11.5 Å². The molecule has 0 aliphatic rings. The second kappa shape index (κ2) is 6.96. The monoisotopic (exact) mass is 290 g/mol. The van der Waals surface area contributed by atoms with Crippen molar-refractivity contribution in [2.24, 2.45) is 0 Å². The smallest absolute Gasteiger partial charge is 0.349 e. The van der Waals surface area contributed by atoms with Crippen molar-refractivity contribution >= 4 is 17.6 Å². The SMILES string of the molecule is CCc1cccc(OCC(=O)Oc2ccccc2Cl)c1. The third-order valence-electron chi connectivity index (χ3n) is 2.72. The molecule has 0 heterocycles. The lowest BCUT2D eigenvalue weighted by Gasteiger charge is -2.08. The molecule has 0 fully saturated rings. The van der Waals surface area contributed by atoms with Gasteiger partial charge in [-0.25, -0.2) is 4.79 Å². The first-order chi connectivity index (χ1) is 9.69. The molecule has 0 atom stereocenters. The first-order valence-corrected chi connectivity index (χ1v) is 6.74. The number of halogens is 1. The van der Waals surface area contributed by atoms with E-state index in [2.05, 4.69) is 6.92 Å². The highest BCUT2D eigenvalue weighted by Crippen LogP contribution is 2.23. The van der Waals surface area contributed by atoms with Crippen molar-refractivity contribution in [3.8, 4) is 11.5 Å². The Morgan fingerprint density at radius 3 is 2.70 bits per heavy atom. The van der Waals surface area contributed by atoms with Crippen LogP contribution in [0.3, 0.4) is 0 Å². The molecule has 0 aliphatic heterocycles. The van der Waals surface area contributed by atoms with Gasteiger partial charge in [0.15, 0.2) is 6.61 Å². The van der Waals surface area contributed by atoms with Crippen LogP contribution in [0.2, 0.25) is 5.02 Å². The van der Waals surface area contributed by atoms with Crippen molar-refractivity contribution in [3.63, 3.8) is 0 Å². The average molecular weight is 291 g/mol. The lowest BCUT2D eigenvalue weighted by Crippen LogP contribution is -2.17. The Kier molecular flexibility index (Phi) is 5.02. The van der Waals surface area contributed by atoms with Gasteiger partial charge in [0.2, 0.25) is 0 Å². The van der Waals surface area contributed by atoms with Gasteiger partial charge in [-0.15, -0.1) is 0 Å². The summed E-state index contributed by atoms with van der Waals surface area (Å²) < 4.78 is 10.5. The van der Waals surface area contributed by atoms with Gasteiger partial charge < -0.3 is 9.47 Å². The van der Waals surface area contributed by atoms with Crippen molar-refractivity contribution in [2.75, 3.05) is 6.61 Å². The van der Waals surface area contributed by atoms with E-state index in [0.29, 0.717) is 16.5 Å². The fraction of sp³-hybridized carbons (Fsp3) is 0.188. The number of para-hydroxylation sites is 1. The third kappa shape index (κ3) is 4.00. The van der Waals surface area contributed by atoms with E-state index in [9.17, 15) is 4.79 Å². The van der Waals surface area contributed by atoms with Crippen LogP contribution in [0.25, 0.3) is 0 Å². The summed E-state index contributed by atoms with van der Waals surface area (Å²) >= 11 is 5.91.